The lowest BCUT2D eigenvalue weighted by Gasteiger charge is -2.26. The monoisotopic (exact) mass is 277 g/mol. The van der Waals surface area contributed by atoms with E-state index in [1.165, 1.54) is 13.2 Å². The predicted molar refractivity (Wildman–Crippen MR) is 75.0 cm³/mol. The fourth-order valence-electron chi connectivity index (χ4n) is 1.68. The molecule has 0 aromatic heterocycles. The number of benzene rings is 1. The first-order valence-electron chi connectivity index (χ1n) is 6.20. The van der Waals surface area contributed by atoms with Crippen molar-refractivity contribution in [3.05, 3.63) is 48.6 Å². The van der Waals surface area contributed by atoms with Crippen LogP contribution in [0, 0.1) is 0 Å². The molecule has 0 radical (unpaired) electrons. The van der Waals surface area contributed by atoms with Crippen molar-refractivity contribution < 1.29 is 19.1 Å². The standard InChI is InChI=1S/C15H19NO4/c1-4-10-15(2,13(17)19-3)16-14(18)20-11-12-8-6-5-7-9-12/h4-9H,1,10-11H2,2-3H3,(H,16,18)/t15-/m0/s1. The lowest BCUT2D eigenvalue weighted by Crippen LogP contribution is -2.52. The van der Waals surface area contributed by atoms with Gasteiger partial charge in [-0.25, -0.2) is 9.59 Å². The molecular formula is C15H19NO4. The predicted octanol–water partition coefficient (Wildman–Crippen LogP) is 2.42. The number of hydrogen-bond acceptors (Lipinski definition) is 4. The number of esters is 1. The van der Waals surface area contributed by atoms with Gasteiger partial charge in [0.2, 0.25) is 0 Å². The Bertz CT molecular complexity index is 472. The zero-order chi connectivity index (χ0) is 15.0. The van der Waals surface area contributed by atoms with Crippen LogP contribution in [0.5, 0.6) is 0 Å². The van der Waals surface area contributed by atoms with E-state index in [1.807, 2.05) is 30.3 Å². The minimum absolute atomic E-state index is 0.137. The van der Waals surface area contributed by atoms with Gasteiger partial charge in [-0.1, -0.05) is 36.4 Å². The molecular weight excluding hydrogens is 258 g/mol. The van der Waals surface area contributed by atoms with E-state index in [4.69, 9.17) is 4.74 Å². The minimum Gasteiger partial charge on any atom is -0.467 e. The third-order valence-corrected chi connectivity index (χ3v) is 2.78. The van der Waals surface area contributed by atoms with Crippen molar-refractivity contribution in [2.75, 3.05) is 7.11 Å². The molecule has 0 saturated heterocycles. The van der Waals surface area contributed by atoms with Crippen molar-refractivity contribution in [1.82, 2.24) is 5.32 Å². The van der Waals surface area contributed by atoms with E-state index >= 15 is 0 Å². The number of hydrogen-bond donors (Lipinski definition) is 1. The lowest BCUT2D eigenvalue weighted by atomic mass is 9.98. The summed E-state index contributed by atoms with van der Waals surface area (Å²) >= 11 is 0. The van der Waals surface area contributed by atoms with Crippen LogP contribution < -0.4 is 5.32 Å². The molecule has 1 atom stereocenters. The van der Waals surface area contributed by atoms with Crippen molar-refractivity contribution >= 4 is 12.1 Å². The lowest BCUT2D eigenvalue weighted by molar-refractivity contribution is -0.147. The second kappa shape index (κ2) is 7.33. The average Bonchev–Trinajstić information content (AvgIpc) is 2.45. The first-order chi connectivity index (χ1) is 9.51. The van der Waals surface area contributed by atoms with Gasteiger partial charge in [0.05, 0.1) is 7.11 Å². The van der Waals surface area contributed by atoms with E-state index in [-0.39, 0.29) is 13.0 Å². The quantitative estimate of drug-likeness (QED) is 0.640. The Labute approximate surface area is 118 Å². The van der Waals surface area contributed by atoms with Crippen molar-refractivity contribution in [1.29, 1.82) is 0 Å². The van der Waals surface area contributed by atoms with Crippen LogP contribution >= 0.6 is 0 Å². The molecule has 0 bridgehead atoms. The van der Waals surface area contributed by atoms with Gasteiger partial charge in [-0.15, -0.1) is 6.58 Å². The average molecular weight is 277 g/mol. The van der Waals surface area contributed by atoms with Crippen LogP contribution in [0.15, 0.2) is 43.0 Å². The Balaban J connectivity index is 2.58. The summed E-state index contributed by atoms with van der Waals surface area (Å²) in [5.74, 6) is -0.547. The van der Waals surface area contributed by atoms with Crippen molar-refractivity contribution in [2.45, 2.75) is 25.5 Å². The maximum Gasteiger partial charge on any atom is 0.408 e. The van der Waals surface area contributed by atoms with Crippen molar-refractivity contribution in [3.63, 3.8) is 0 Å². The van der Waals surface area contributed by atoms with Crippen LogP contribution in [0.2, 0.25) is 0 Å². The summed E-state index contributed by atoms with van der Waals surface area (Å²) in [4.78, 5) is 23.4. The van der Waals surface area contributed by atoms with Gasteiger partial charge < -0.3 is 14.8 Å². The summed E-state index contributed by atoms with van der Waals surface area (Å²) < 4.78 is 9.75. The fourth-order valence-corrected chi connectivity index (χ4v) is 1.68. The second-order valence-corrected chi connectivity index (χ2v) is 4.50. The van der Waals surface area contributed by atoms with E-state index in [0.717, 1.165) is 5.56 Å². The molecule has 20 heavy (non-hydrogen) atoms. The molecule has 1 amide bonds. The SMILES string of the molecule is C=CC[C@](C)(NC(=O)OCc1ccccc1)C(=O)OC. The molecule has 108 valence electrons. The third-order valence-electron chi connectivity index (χ3n) is 2.78. The number of nitrogens with one attached hydrogen (secondary N) is 1. The maximum atomic E-state index is 11.8. The number of ether oxygens (including phenoxy) is 2. The molecule has 0 aliphatic carbocycles. The first kappa shape index (κ1) is 15.8. The highest BCUT2D eigenvalue weighted by Crippen LogP contribution is 2.13. The smallest absolute Gasteiger partial charge is 0.408 e. The molecule has 1 rings (SSSR count). The van der Waals surface area contributed by atoms with Crippen molar-refractivity contribution in [3.8, 4) is 0 Å². The van der Waals surface area contributed by atoms with Crippen LogP contribution in [-0.2, 0) is 20.9 Å². The number of rotatable bonds is 6. The molecule has 0 aliphatic rings. The van der Waals surface area contributed by atoms with Gasteiger partial charge in [0.15, 0.2) is 0 Å². The van der Waals surface area contributed by atoms with Gasteiger partial charge in [0.1, 0.15) is 12.1 Å². The molecule has 0 fully saturated rings. The van der Waals surface area contributed by atoms with E-state index < -0.39 is 17.6 Å². The molecule has 1 aromatic carbocycles. The number of amides is 1. The summed E-state index contributed by atoms with van der Waals surface area (Å²) in [7, 11) is 1.26. The number of methoxy groups -OCH3 is 1. The molecule has 1 N–H and O–H groups in total. The summed E-state index contributed by atoms with van der Waals surface area (Å²) in [5.41, 5.74) is -0.310. The zero-order valence-corrected chi connectivity index (χ0v) is 11.7. The maximum absolute atomic E-state index is 11.8. The van der Waals surface area contributed by atoms with Gasteiger partial charge in [-0.05, 0) is 18.9 Å². The summed E-state index contributed by atoms with van der Waals surface area (Å²) in [5, 5.41) is 2.51. The highest BCUT2D eigenvalue weighted by atomic mass is 16.6. The zero-order valence-electron chi connectivity index (χ0n) is 11.7. The molecule has 0 unspecified atom stereocenters. The van der Waals surface area contributed by atoms with Gasteiger partial charge in [-0.3, -0.25) is 0 Å². The van der Waals surface area contributed by atoms with Crippen LogP contribution in [0.1, 0.15) is 18.9 Å². The van der Waals surface area contributed by atoms with Gasteiger partial charge >= 0.3 is 12.1 Å². The molecule has 0 aliphatic heterocycles. The Morgan fingerprint density at radius 3 is 2.55 bits per heavy atom. The highest BCUT2D eigenvalue weighted by Gasteiger charge is 2.35. The molecule has 0 heterocycles. The molecule has 0 spiro atoms. The van der Waals surface area contributed by atoms with Gasteiger partial charge in [-0.2, -0.15) is 0 Å². The topological polar surface area (TPSA) is 64.6 Å². The summed E-state index contributed by atoms with van der Waals surface area (Å²) in [6.45, 7) is 5.26. The second-order valence-electron chi connectivity index (χ2n) is 4.50. The molecule has 1 aromatic rings. The van der Waals surface area contributed by atoms with E-state index in [1.54, 1.807) is 6.92 Å². The normalized spacial score (nSPS) is 12.9. The molecule has 5 nitrogen and oxygen atoms in total. The Hall–Kier alpha value is -2.30. The van der Waals surface area contributed by atoms with Crippen LogP contribution in [0.3, 0.4) is 0 Å². The Morgan fingerprint density at radius 2 is 2.00 bits per heavy atom. The van der Waals surface area contributed by atoms with Gasteiger partial charge in [0.25, 0.3) is 0 Å². The number of carbonyl (C=O) groups excluding carboxylic acids is 2. The summed E-state index contributed by atoms with van der Waals surface area (Å²) in [6, 6.07) is 9.27. The minimum atomic E-state index is -1.18. The number of carbonyl (C=O) groups is 2. The third kappa shape index (κ3) is 4.42. The van der Waals surface area contributed by atoms with Gasteiger partial charge in [0, 0.05) is 0 Å². The highest BCUT2D eigenvalue weighted by molar-refractivity contribution is 5.85. The van der Waals surface area contributed by atoms with E-state index in [0.29, 0.717) is 0 Å². The number of alkyl carbamates (subject to hydrolysis) is 1. The largest absolute Gasteiger partial charge is 0.467 e. The Morgan fingerprint density at radius 1 is 1.35 bits per heavy atom. The first-order valence-corrected chi connectivity index (χ1v) is 6.20. The van der Waals surface area contributed by atoms with Crippen LogP contribution in [0.25, 0.3) is 0 Å². The summed E-state index contributed by atoms with van der Waals surface area (Å²) in [6.07, 6.45) is 1.11. The fraction of sp³-hybridized carbons (Fsp3) is 0.333. The van der Waals surface area contributed by atoms with Crippen LogP contribution in [0.4, 0.5) is 4.79 Å². The molecule has 5 heteroatoms. The van der Waals surface area contributed by atoms with Crippen molar-refractivity contribution in [2.24, 2.45) is 0 Å². The molecule has 0 saturated carbocycles. The van der Waals surface area contributed by atoms with E-state index in [2.05, 4.69) is 16.6 Å². The Kier molecular flexibility index (Phi) is 5.77. The van der Waals surface area contributed by atoms with E-state index in [9.17, 15) is 9.59 Å². The van der Waals surface area contributed by atoms with Crippen LogP contribution in [-0.4, -0.2) is 24.7 Å².